The summed E-state index contributed by atoms with van der Waals surface area (Å²) in [5.74, 6) is 0. The first-order valence-corrected chi connectivity index (χ1v) is 4.37. The van der Waals surface area contributed by atoms with Crippen LogP contribution >= 0.6 is 0 Å². The van der Waals surface area contributed by atoms with Gasteiger partial charge in [-0.05, 0) is 13.8 Å². The SMILES string of the molecule is CCOCC(C)NC1CNC1. The van der Waals surface area contributed by atoms with Gasteiger partial charge in [-0.15, -0.1) is 0 Å². The summed E-state index contributed by atoms with van der Waals surface area (Å²) in [5.41, 5.74) is 0. The Hall–Kier alpha value is -0.120. The van der Waals surface area contributed by atoms with Gasteiger partial charge in [0.25, 0.3) is 0 Å². The van der Waals surface area contributed by atoms with Crippen molar-refractivity contribution < 1.29 is 4.74 Å². The van der Waals surface area contributed by atoms with Crippen LogP contribution in [0.2, 0.25) is 0 Å². The van der Waals surface area contributed by atoms with Crippen LogP contribution in [0.15, 0.2) is 0 Å². The molecule has 0 amide bonds. The average molecular weight is 158 g/mol. The average Bonchev–Trinajstić information content (AvgIpc) is 1.93. The summed E-state index contributed by atoms with van der Waals surface area (Å²) in [6.07, 6.45) is 0. The van der Waals surface area contributed by atoms with Gasteiger partial charge in [0.1, 0.15) is 0 Å². The lowest BCUT2D eigenvalue weighted by atomic mass is 10.1. The predicted molar refractivity (Wildman–Crippen MR) is 45.7 cm³/mol. The van der Waals surface area contributed by atoms with E-state index in [1.165, 1.54) is 0 Å². The van der Waals surface area contributed by atoms with Crippen molar-refractivity contribution in [1.29, 1.82) is 0 Å². The first kappa shape index (κ1) is 8.97. The Labute approximate surface area is 68.5 Å². The van der Waals surface area contributed by atoms with Crippen LogP contribution < -0.4 is 10.6 Å². The smallest absolute Gasteiger partial charge is 0.0616 e. The lowest BCUT2D eigenvalue weighted by Crippen LogP contribution is -2.58. The maximum atomic E-state index is 5.28. The van der Waals surface area contributed by atoms with E-state index in [1.807, 2.05) is 6.92 Å². The molecule has 0 saturated carbocycles. The highest BCUT2D eigenvalue weighted by Gasteiger charge is 2.17. The van der Waals surface area contributed by atoms with Crippen molar-refractivity contribution in [2.75, 3.05) is 26.3 Å². The van der Waals surface area contributed by atoms with Gasteiger partial charge in [0.15, 0.2) is 0 Å². The van der Waals surface area contributed by atoms with Crippen molar-refractivity contribution in [2.45, 2.75) is 25.9 Å². The van der Waals surface area contributed by atoms with Gasteiger partial charge in [0.05, 0.1) is 6.61 Å². The summed E-state index contributed by atoms with van der Waals surface area (Å²) < 4.78 is 5.28. The summed E-state index contributed by atoms with van der Waals surface area (Å²) in [5, 5.41) is 6.68. The third-order valence-electron chi connectivity index (χ3n) is 1.87. The molecule has 1 unspecified atom stereocenters. The minimum atomic E-state index is 0.488. The topological polar surface area (TPSA) is 33.3 Å². The molecule has 1 saturated heterocycles. The van der Waals surface area contributed by atoms with Crippen LogP contribution in [-0.4, -0.2) is 38.4 Å². The van der Waals surface area contributed by atoms with Crippen LogP contribution in [0.1, 0.15) is 13.8 Å². The van der Waals surface area contributed by atoms with E-state index >= 15 is 0 Å². The molecule has 1 aliphatic rings. The summed E-state index contributed by atoms with van der Waals surface area (Å²) >= 11 is 0. The number of hydrogen-bond acceptors (Lipinski definition) is 3. The molecule has 3 nitrogen and oxygen atoms in total. The van der Waals surface area contributed by atoms with E-state index in [2.05, 4.69) is 17.6 Å². The van der Waals surface area contributed by atoms with Gasteiger partial charge < -0.3 is 15.4 Å². The molecule has 0 radical (unpaired) electrons. The number of hydrogen-bond donors (Lipinski definition) is 2. The van der Waals surface area contributed by atoms with E-state index in [1.54, 1.807) is 0 Å². The predicted octanol–water partition coefficient (Wildman–Crippen LogP) is -0.0272. The lowest BCUT2D eigenvalue weighted by molar-refractivity contribution is 0.120. The van der Waals surface area contributed by atoms with Gasteiger partial charge in [0.2, 0.25) is 0 Å². The van der Waals surface area contributed by atoms with Crippen LogP contribution in [0.25, 0.3) is 0 Å². The molecule has 0 bridgehead atoms. The van der Waals surface area contributed by atoms with Crippen molar-refractivity contribution in [3.63, 3.8) is 0 Å². The number of nitrogens with one attached hydrogen (secondary N) is 2. The molecule has 0 aromatic heterocycles. The maximum Gasteiger partial charge on any atom is 0.0616 e. The normalized spacial score (nSPS) is 21.3. The molecule has 0 spiro atoms. The molecule has 1 heterocycles. The standard InChI is InChI=1S/C8H18N2O/c1-3-11-6-7(2)10-8-4-9-5-8/h7-10H,3-6H2,1-2H3. The Balaban J connectivity index is 1.95. The van der Waals surface area contributed by atoms with Crippen LogP contribution in [0.3, 0.4) is 0 Å². The second-order valence-electron chi connectivity index (χ2n) is 3.08. The van der Waals surface area contributed by atoms with Crippen LogP contribution in [0, 0.1) is 0 Å². The molecule has 1 fully saturated rings. The van der Waals surface area contributed by atoms with E-state index in [0.717, 1.165) is 26.3 Å². The van der Waals surface area contributed by atoms with E-state index in [0.29, 0.717) is 12.1 Å². The quantitative estimate of drug-likeness (QED) is 0.589. The van der Waals surface area contributed by atoms with Gasteiger partial charge >= 0.3 is 0 Å². The molecule has 0 aromatic carbocycles. The zero-order valence-electron chi connectivity index (χ0n) is 7.39. The van der Waals surface area contributed by atoms with Gasteiger partial charge in [-0.3, -0.25) is 0 Å². The molecule has 66 valence electrons. The third-order valence-corrected chi connectivity index (χ3v) is 1.87. The number of ether oxygens (including phenoxy) is 1. The summed E-state index contributed by atoms with van der Waals surface area (Å²) in [4.78, 5) is 0. The van der Waals surface area contributed by atoms with Crippen LogP contribution in [-0.2, 0) is 4.74 Å². The minimum Gasteiger partial charge on any atom is -0.380 e. The summed E-state index contributed by atoms with van der Waals surface area (Å²) in [7, 11) is 0. The molecule has 1 aliphatic heterocycles. The first-order valence-electron chi connectivity index (χ1n) is 4.37. The van der Waals surface area contributed by atoms with E-state index in [-0.39, 0.29) is 0 Å². The van der Waals surface area contributed by atoms with Crippen molar-refractivity contribution >= 4 is 0 Å². The lowest BCUT2D eigenvalue weighted by Gasteiger charge is -2.31. The highest BCUT2D eigenvalue weighted by Crippen LogP contribution is 1.94. The maximum absolute atomic E-state index is 5.28. The fraction of sp³-hybridized carbons (Fsp3) is 1.00. The van der Waals surface area contributed by atoms with E-state index in [4.69, 9.17) is 4.74 Å². The molecule has 1 rings (SSSR count). The summed E-state index contributed by atoms with van der Waals surface area (Å²) in [6, 6.07) is 1.16. The monoisotopic (exact) mass is 158 g/mol. The van der Waals surface area contributed by atoms with Gasteiger partial charge in [-0.1, -0.05) is 0 Å². The van der Waals surface area contributed by atoms with Gasteiger partial charge in [-0.25, -0.2) is 0 Å². The van der Waals surface area contributed by atoms with Crippen molar-refractivity contribution in [3.8, 4) is 0 Å². The van der Waals surface area contributed by atoms with Crippen LogP contribution in [0.4, 0.5) is 0 Å². The first-order chi connectivity index (χ1) is 5.33. The fourth-order valence-electron chi connectivity index (χ4n) is 1.15. The zero-order valence-corrected chi connectivity index (χ0v) is 7.39. The molecule has 0 aromatic rings. The molecular weight excluding hydrogens is 140 g/mol. The highest BCUT2D eigenvalue weighted by molar-refractivity contribution is 4.83. The molecule has 2 N–H and O–H groups in total. The minimum absolute atomic E-state index is 0.488. The Morgan fingerprint density at radius 2 is 2.36 bits per heavy atom. The highest BCUT2D eigenvalue weighted by atomic mass is 16.5. The molecule has 3 heteroatoms. The van der Waals surface area contributed by atoms with Crippen molar-refractivity contribution in [1.82, 2.24) is 10.6 Å². The van der Waals surface area contributed by atoms with Crippen LogP contribution in [0.5, 0.6) is 0 Å². The molecule has 0 aliphatic carbocycles. The van der Waals surface area contributed by atoms with Crippen molar-refractivity contribution in [3.05, 3.63) is 0 Å². The Kier molecular flexibility index (Phi) is 3.83. The van der Waals surface area contributed by atoms with E-state index in [9.17, 15) is 0 Å². The molecular formula is C8H18N2O. The summed E-state index contributed by atoms with van der Waals surface area (Å²) in [6.45, 7) is 8.04. The zero-order chi connectivity index (χ0) is 8.10. The number of rotatable bonds is 5. The molecule has 1 atom stereocenters. The Bertz CT molecular complexity index is 104. The van der Waals surface area contributed by atoms with E-state index < -0.39 is 0 Å². The van der Waals surface area contributed by atoms with Crippen molar-refractivity contribution in [2.24, 2.45) is 0 Å². The van der Waals surface area contributed by atoms with Gasteiger partial charge in [0, 0.05) is 31.8 Å². The third kappa shape index (κ3) is 3.18. The second-order valence-corrected chi connectivity index (χ2v) is 3.08. The second kappa shape index (κ2) is 4.70. The van der Waals surface area contributed by atoms with Gasteiger partial charge in [-0.2, -0.15) is 0 Å². The molecule has 11 heavy (non-hydrogen) atoms. The largest absolute Gasteiger partial charge is 0.380 e. The Morgan fingerprint density at radius 3 is 2.82 bits per heavy atom. The Morgan fingerprint density at radius 1 is 1.64 bits per heavy atom. The fourth-order valence-corrected chi connectivity index (χ4v) is 1.15.